The predicted molar refractivity (Wildman–Crippen MR) is 100.0 cm³/mol. The standard InChI is InChI=1S/C19H12Cl2F3N3O/c20-14-8-13(9-15(21)10-14)18(19(22,23)24)11-17(26-28-18)12-2-4-16(5-3-12)27-7-1-6-25-27/h1-10H,11H2. The molecule has 1 aliphatic heterocycles. The van der Waals surface area contributed by atoms with Crippen LogP contribution in [0.15, 0.2) is 66.1 Å². The Balaban J connectivity index is 1.67. The van der Waals surface area contributed by atoms with E-state index >= 15 is 0 Å². The molecule has 0 N–H and O–H groups in total. The molecule has 0 saturated heterocycles. The van der Waals surface area contributed by atoms with Gasteiger partial charge in [-0.1, -0.05) is 40.5 Å². The van der Waals surface area contributed by atoms with Crippen LogP contribution in [-0.4, -0.2) is 21.7 Å². The minimum absolute atomic E-state index is 0.0896. The van der Waals surface area contributed by atoms with Crippen LogP contribution in [0.25, 0.3) is 5.69 Å². The Morgan fingerprint density at radius 1 is 1.04 bits per heavy atom. The molecule has 1 atom stereocenters. The van der Waals surface area contributed by atoms with Gasteiger partial charge in [0, 0.05) is 34.4 Å². The fraction of sp³-hybridized carbons (Fsp3) is 0.158. The van der Waals surface area contributed by atoms with Crippen molar-refractivity contribution in [1.29, 1.82) is 0 Å². The van der Waals surface area contributed by atoms with Crippen molar-refractivity contribution in [2.45, 2.75) is 18.2 Å². The van der Waals surface area contributed by atoms with E-state index < -0.39 is 18.2 Å². The number of hydrogen-bond acceptors (Lipinski definition) is 3. The van der Waals surface area contributed by atoms with Gasteiger partial charge in [0.25, 0.3) is 5.60 Å². The van der Waals surface area contributed by atoms with Crippen molar-refractivity contribution in [2.24, 2.45) is 5.16 Å². The van der Waals surface area contributed by atoms with Crippen molar-refractivity contribution in [3.8, 4) is 5.69 Å². The highest BCUT2D eigenvalue weighted by Crippen LogP contribution is 2.49. The summed E-state index contributed by atoms with van der Waals surface area (Å²) in [5.41, 5.74) is -1.35. The molecule has 0 amide bonds. The molecule has 1 aromatic heterocycles. The highest BCUT2D eigenvalue weighted by Gasteiger charge is 2.62. The zero-order chi connectivity index (χ0) is 19.9. The van der Waals surface area contributed by atoms with Gasteiger partial charge >= 0.3 is 6.18 Å². The molecule has 0 aliphatic carbocycles. The van der Waals surface area contributed by atoms with Crippen LogP contribution in [0.2, 0.25) is 10.0 Å². The average Bonchev–Trinajstić information content (AvgIpc) is 3.31. The number of halogens is 5. The molecule has 4 nitrogen and oxygen atoms in total. The Morgan fingerprint density at radius 2 is 1.71 bits per heavy atom. The third-order valence-electron chi connectivity index (χ3n) is 4.48. The van der Waals surface area contributed by atoms with E-state index in [-0.39, 0.29) is 21.3 Å². The molecule has 144 valence electrons. The smallest absolute Gasteiger partial charge is 0.374 e. The van der Waals surface area contributed by atoms with Gasteiger partial charge < -0.3 is 4.84 Å². The maximum absolute atomic E-state index is 14.0. The Morgan fingerprint density at radius 3 is 2.29 bits per heavy atom. The first-order chi connectivity index (χ1) is 13.3. The van der Waals surface area contributed by atoms with Crippen LogP contribution in [0.5, 0.6) is 0 Å². The third-order valence-corrected chi connectivity index (χ3v) is 4.92. The van der Waals surface area contributed by atoms with E-state index in [1.807, 2.05) is 0 Å². The number of oxime groups is 1. The molecule has 1 aliphatic rings. The quantitative estimate of drug-likeness (QED) is 0.534. The van der Waals surface area contributed by atoms with Crippen LogP contribution < -0.4 is 0 Å². The van der Waals surface area contributed by atoms with Gasteiger partial charge in [-0.05, 0) is 42.0 Å². The van der Waals surface area contributed by atoms with Crippen LogP contribution in [0, 0.1) is 0 Å². The van der Waals surface area contributed by atoms with Crippen LogP contribution in [0.4, 0.5) is 13.2 Å². The lowest BCUT2D eigenvalue weighted by Crippen LogP contribution is -2.42. The zero-order valence-electron chi connectivity index (χ0n) is 14.1. The summed E-state index contributed by atoms with van der Waals surface area (Å²) in [5, 5.41) is 8.03. The number of benzene rings is 2. The molecule has 3 aromatic rings. The predicted octanol–water partition coefficient (Wildman–Crippen LogP) is 5.76. The van der Waals surface area contributed by atoms with Crippen molar-refractivity contribution in [2.75, 3.05) is 0 Å². The van der Waals surface area contributed by atoms with Crippen molar-refractivity contribution in [3.63, 3.8) is 0 Å². The van der Waals surface area contributed by atoms with Crippen LogP contribution >= 0.6 is 23.2 Å². The zero-order valence-corrected chi connectivity index (χ0v) is 15.6. The summed E-state index contributed by atoms with van der Waals surface area (Å²) >= 11 is 11.8. The van der Waals surface area contributed by atoms with Crippen molar-refractivity contribution in [3.05, 3.63) is 82.1 Å². The molecule has 0 spiro atoms. The lowest BCUT2D eigenvalue weighted by molar-refractivity contribution is -0.275. The molecule has 0 bridgehead atoms. The van der Waals surface area contributed by atoms with E-state index in [4.69, 9.17) is 28.0 Å². The van der Waals surface area contributed by atoms with E-state index in [1.165, 1.54) is 18.2 Å². The van der Waals surface area contributed by atoms with Crippen LogP contribution in [-0.2, 0) is 10.4 Å². The third kappa shape index (κ3) is 3.25. The second-order valence-electron chi connectivity index (χ2n) is 6.29. The molecule has 4 rings (SSSR count). The minimum atomic E-state index is -4.72. The fourth-order valence-corrected chi connectivity index (χ4v) is 3.60. The van der Waals surface area contributed by atoms with Crippen LogP contribution in [0.1, 0.15) is 17.5 Å². The summed E-state index contributed by atoms with van der Waals surface area (Å²) in [4.78, 5) is 5.00. The summed E-state index contributed by atoms with van der Waals surface area (Å²) < 4.78 is 43.7. The van der Waals surface area contributed by atoms with E-state index in [0.717, 1.165) is 5.69 Å². The molecule has 2 heterocycles. The first kappa shape index (κ1) is 18.8. The van der Waals surface area contributed by atoms with E-state index in [1.54, 1.807) is 47.4 Å². The Labute approximate surface area is 168 Å². The second kappa shape index (κ2) is 6.83. The number of hydrogen-bond donors (Lipinski definition) is 0. The van der Waals surface area contributed by atoms with Gasteiger partial charge in [-0.3, -0.25) is 0 Å². The van der Waals surface area contributed by atoms with Gasteiger partial charge in [0.05, 0.1) is 11.4 Å². The molecule has 2 aromatic carbocycles. The van der Waals surface area contributed by atoms with Gasteiger partial charge in [0.15, 0.2) is 0 Å². The van der Waals surface area contributed by atoms with Gasteiger partial charge in [-0.2, -0.15) is 18.3 Å². The highest BCUT2D eigenvalue weighted by atomic mass is 35.5. The molecule has 28 heavy (non-hydrogen) atoms. The van der Waals surface area contributed by atoms with Gasteiger partial charge in [0.1, 0.15) is 0 Å². The first-order valence-corrected chi connectivity index (χ1v) is 8.93. The van der Waals surface area contributed by atoms with Gasteiger partial charge in [-0.25, -0.2) is 4.68 Å². The SMILES string of the molecule is FC(F)(F)C1(c2cc(Cl)cc(Cl)c2)CC(c2ccc(-n3cccn3)cc2)=NO1. The van der Waals surface area contributed by atoms with Crippen molar-refractivity contribution in [1.82, 2.24) is 9.78 Å². The lowest BCUT2D eigenvalue weighted by atomic mass is 9.86. The summed E-state index contributed by atoms with van der Waals surface area (Å²) in [6.07, 6.45) is -1.81. The molecule has 9 heteroatoms. The van der Waals surface area contributed by atoms with Gasteiger partial charge in [-0.15, -0.1) is 0 Å². The van der Waals surface area contributed by atoms with Crippen molar-refractivity contribution < 1.29 is 18.0 Å². The topological polar surface area (TPSA) is 39.4 Å². The summed E-state index contributed by atoms with van der Waals surface area (Å²) in [7, 11) is 0. The molecule has 0 fully saturated rings. The lowest BCUT2D eigenvalue weighted by Gasteiger charge is -2.29. The maximum Gasteiger partial charge on any atom is 0.435 e. The summed E-state index contributed by atoms with van der Waals surface area (Å²) in [5.74, 6) is 0. The van der Waals surface area contributed by atoms with Crippen molar-refractivity contribution >= 4 is 28.9 Å². The highest BCUT2D eigenvalue weighted by molar-refractivity contribution is 6.34. The minimum Gasteiger partial charge on any atom is -0.374 e. The van der Waals surface area contributed by atoms with Crippen LogP contribution in [0.3, 0.4) is 0 Å². The maximum atomic E-state index is 14.0. The van der Waals surface area contributed by atoms with Gasteiger partial charge in [0.2, 0.25) is 0 Å². The normalized spacial score (nSPS) is 19.4. The number of nitrogens with zero attached hydrogens (tertiary/aromatic N) is 3. The average molecular weight is 426 g/mol. The molecular weight excluding hydrogens is 414 g/mol. The molecule has 0 radical (unpaired) electrons. The monoisotopic (exact) mass is 425 g/mol. The molecular formula is C19H12Cl2F3N3O. The van der Waals surface area contributed by atoms with E-state index in [0.29, 0.717) is 5.56 Å². The summed E-state index contributed by atoms with van der Waals surface area (Å²) in [6, 6.07) is 12.4. The Hall–Kier alpha value is -2.51. The Bertz CT molecular complexity index is 1010. The molecule has 1 unspecified atom stereocenters. The van der Waals surface area contributed by atoms with E-state index in [9.17, 15) is 13.2 Å². The Kier molecular flexibility index (Phi) is 4.59. The number of alkyl halides is 3. The molecule has 0 saturated carbocycles. The first-order valence-electron chi connectivity index (χ1n) is 8.17. The fourth-order valence-electron chi connectivity index (χ4n) is 3.07. The van der Waals surface area contributed by atoms with E-state index in [2.05, 4.69) is 10.3 Å². The number of rotatable bonds is 3. The largest absolute Gasteiger partial charge is 0.435 e. The summed E-state index contributed by atoms with van der Waals surface area (Å²) in [6.45, 7) is 0. The number of aromatic nitrogens is 2. The second-order valence-corrected chi connectivity index (χ2v) is 7.16.